The van der Waals surface area contributed by atoms with Gasteiger partial charge in [0.25, 0.3) is 0 Å². The zero-order valence-electron chi connectivity index (χ0n) is 19.0. The Kier molecular flexibility index (Phi) is 7.01. The summed E-state index contributed by atoms with van der Waals surface area (Å²) >= 11 is 0. The second-order valence-corrected chi connectivity index (χ2v) is 8.00. The van der Waals surface area contributed by atoms with Gasteiger partial charge >= 0.3 is 0 Å². The van der Waals surface area contributed by atoms with Crippen molar-refractivity contribution in [3.05, 3.63) is 101 Å². The van der Waals surface area contributed by atoms with Crippen LogP contribution in [0.1, 0.15) is 23.2 Å². The second-order valence-electron chi connectivity index (χ2n) is 8.00. The van der Waals surface area contributed by atoms with Crippen molar-refractivity contribution in [1.82, 2.24) is 15.1 Å². The van der Waals surface area contributed by atoms with Gasteiger partial charge in [0.15, 0.2) is 11.6 Å². The number of benzene rings is 3. The highest BCUT2D eigenvalue weighted by atomic mass is 19.2. The third-order valence-corrected chi connectivity index (χ3v) is 5.48. The van der Waals surface area contributed by atoms with Gasteiger partial charge in [-0.2, -0.15) is 5.10 Å². The molecule has 0 aliphatic carbocycles. The Morgan fingerprint density at radius 3 is 2.53 bits per heavy atom. The number of hydrogen-bond acceptors (Lipinski definition) is 3. The molecule has 7 heteroatoms. The maximum Gasteiger partial charge on any atom is 0.220 e. The van der Waals surface area contributed by atoms with Crippen LogP contribution in [0.5, 0.6) is 5.75 Å². The topological polar surface area (TPSA) is 56.2 Å². The molecule has 0 atom stereocenters. The number of aryl methyl sites for hydroxylation is 2. The van der Waals surface area contributed by atoms with E-state index in [0.29, 0.717) is 35.8 Å². The van der Waals surface area contributed by atoms with E-state index in [1.54, 1.807) is 42.1 Å². The molecule has 0 aliphatic heterocycles. The number of carbonyl (C=O) groups excluding carboxylic acids is 1. The van der Waals surface area contributed by atoms with Crippen molar-refractivity contribution in [1.29, 1.82) is 0 Å². The normalized spacial score (nSPS) is 10.8. The molecule has 0 bridgehead atoms. The zero-order chi connectivity index (χ0) is 24.1. The van der Waals surface area contributed by atoms with Crippen LogP contribution in [-0.2, 0) is 17.8 Å². The number of nitrogens with one attached hydrogen (secondary N) is 1. The Balaban J connectivity index is 1.55. The number of hydrogen-bond donors (Lipinski definition) is 1. The van der Waals surface area contributed by atoms with Crippen LogP contribution in [-0.4, -0.2) is 22.8 Å². The average molecular weight is 462 g/mol. The van der Waals surface area contributed by atoms with Crippen molar-refractivity contribution in [3.63, 3.8) is 0 Å². The monoisotopic (exact) mass is 461 g/mol. The number of amides is 1. The lowest BCUT2D eigenvalue weighted by Crippen LogP contribution is -2.23. The molecule has 0 spiro atoms. The van der Waals surface area contributed by atoms with E-state index in [-0.39, 0.29) is 17.9 Å². The van der Waals surface area contributed by atoms with Gasteiger partial charge in [0.05, 0.1) is 24.2 Å². The van der Waals surface area contributed by atoms with Gasteiger partial charge in [0, 0.05) is 24.9 Å². The Morgan fingerprint density at radius 2 is 1.79 bits per heavy atom. The van der Waals surface area contributed by atoms with Gasteiger partial charge < -0.3 is 10.1 Å². The molecular formula is C27H25F2N3O2. The van der Waals surface area contributed by atoms with Gasteiger partial charge in [-0.25, -0.2) is 13.5 Å². The summed E-state index contributed by atoms with van der Waals surface area (Å²) in [5.41, 5.74) is 3.92. The van der Waals surface area contributed by atoms with E-state index in [4.69, 9.17) is 4.74 Å². The Hall–Kier alpha value is -4.00. The first-order chi connectivity index (χ1) is 16.4. The fourth-order valence-corrected chi connectivity index (χ4v) is 3.72. The van der Waals surface area contributed by atoms with Crippen LogP contribution >= 0.6 is 0 Å². The third kappa shape index (κ3) is 5.31. The van der Waals surface area contributed by atoms with E-state index in [1.165, 1.54) is 12.1 Å². The minimum absolute atomic E-state index is 0.0958. The summed E-state index contributed by atoms with van der Waals surface area (Å²) in [5, 5.41) is 7.51. The molecule has 4 aromatic rings. The standard InChI is InChI=1S/C27H25F2N3O2/c1-18-5-3-6-19(15-18)17-30-26(33)14-9-20-16-25(23-7-4-8-24(28)27(23)29)32(31-20)21-10-12-22(34-2)13-11-21/h3-8,10-13,15-16H,9,14,17H2,1-2H3,(H,30,33). The molecule has 1 aromatic heterocycles. The van der Waals surface area contributed by atoms with Crippen LogP contribution in [0.3, 0.4) is 0 Å². The molecule has 1 heterocycles. The van der Waals surface area contributed by atoms with E-state index in [1.807, 2.05) is 31.2 Å². The number of nitrogens with zero attached hydrogens (tertiary/aromatic N) is 2. The van der Waals surface area contributed by atoms with Crippen molar-refractivity contribution in [2.75, 3.05) is 7.11 Å². The summed E-state index contributed by atoms with van der Waals surface area (Å²) in [6.07, 6.45) is 0.573. The van der Waals surface area contributed by atoms with Crippen LogP contribution in [0.25, 0.3) is 16.9 Å². The van der Waals surface area contributed by atoms with Crippen LogP contribution in [0.15, 0.2) is 72.8 Å². The van der Waals surface area contributed by atoms with Crippen molar-refractivity contribution >= 4 is 5.91 Å². The number of methoxy groups -OCH3 is 1. The molecule has 0 fully saturated rings. The zero-order valence-corrected chi connectivity index (χ0v) is 19.0. The first-order valence-corrected chi connectivity index (χ1v) is 10.9. The molecule has 4 rings (SSSR count). The van der Waals surface area contributed by atoms with Gasteiger partial charge in [-0.15, -0.1) is 0 Å². The van der Waals surface area contributed by atoms with Crippen LogP contribution in [0.4, 0.5) is 8.78 Å². The first kappa shape index (κ1) is 23.2. The molecule has 34 heavy (non-hydrogen) atoms. The maximum absolute atomic E-state index is 14.6. The Labute approximate surface area is 197 Å². The number of rotatable bonds is 8. The molecule has 174 valence electrons. The average Bonchev–Trinajstić information content (AvgIpc) is 3.27. The molecule has 3 aromatic carbocycles. The van der Waals surface area contributed by atoms with Crippen LogP contribution < -0.4 is 10.1 Å². The summed E-state index contributed by atoms with van der Waals surface area (Å²) in [5.74, 6) is -1.32. The summed E-state index contributed by atoms with van der Waals surface area (Å²) < 4.78 is 35.3. The Morgan fingerprint density at radius 1 is 1.03 bits per heavy atom. The molecule has 0 saturated carbocycles. The lowest BCUT2D eigenvalue weighted by Gasteiger charge is -2.09. The van der Waals surface area contributed by atoms with Gasteiger partial charge in [-0.1, -0.05) is 35.9 Å². The maximum atomic E-state index is 14.6. The largest absolute Gasteiger partial charge is 0.497 e. The number of ether oxygens (including phenoxy) is 1. The second kappa shape index (κ2) is 10.3. The fraction of sp³-hybridized carbons (Fsp3) is 0.185. The fourth-order valence-electron chi connectivity index (χ4n) is 3.72. The van der Waals surface area contributed by atoms with Crippen LogP contribution in [0, 0.1) is 18.6 Å². The lowest BCUT2D eigenvalue weighted by molar-refractivity contribution is -0.121. The van der Waals surface area contributed by atoms with E-state index in [9.17, 15) is 13.6 Å². The predicted octanol–water partition coefficient (Wildman–Crippen LogP) is 5.38. The smallest absolute Gasteiger partial charge is 0.220 e. The summed E-state index contributed by atoms with van der Waals surface area (Å²) in [6, 6.07) is 20.8. The predicted molar refractivity (Wildman–Crippen MR) is 127 cm³/mol. The Bertz CT molecular complexity index is 1300. The van der Waals surface area contributed by atoms with E-state index in [2.05, 4.69) is 10.4 Å². The van der Waals surface area contributed by atoms with Crippen molar-refractivity contribution < 1.29 is 18.3 Å². The molecule has 5 nitrogen and oxygen atoms in total. The third-order valence-electron chi connectivity index (χ3n) is 5.48. The van der Waals surface area contributed by atoms with Gasteiger partial charge in [0.1, 0.15) is 5.75 Å². The van der Waals surface area contributed by atoms with Crippen LogP contribution in [0.2, 0.25) is 0 Å². The number of aromatic nitrogens is 2. The van der Waals surface area contributed by atoms with Gasteiger partial charge in [0.2, 0.25) is 5.91 Å². The molecule has 1 N–H and O–H groups in total. The van der Waals surface area contributed by atoms with Crippen molar-refractivity contribution in [2.24, 2.45) is 0 Å². The van der Waals surface area contributed by atoms with Gasteiger partial charge in [-0.3, -0.25) is 4.79 Å². The molecule has 0 saturated heterocycles. The molecular weight excluding hydrogens is 436 g/mol. The van der Waals surface area contributed by atoms with E-state index in [0.717, 1.165) is 17.2 Å². The summed E-state index contributed by atoms with van der Waals surface area (Å²) in [7, 11) is 1.57. The molecule has 0 unspecified atom stereocenters. The SMILES string of the molecule is COc1ccc(-n2nc(CCC(=O)NCc3cccc(C)c3)cc2-c2cccc(F)c2F)cc1. The number of carbonyl (C=O) groups is 1. The highest BCUT2D eigenvalue weighted by molar-refractivity contribution is 5.76. The lowest BCUT2D eigenvalue weighted by atomic mass is 10.1. The summed E-state index contributed by atoms with van der Waals surface area (Å²) in [4.78, 5) is 12.4. The molecule has 0 aliphatic rings. The van der Waals surface area contributed by atoms with Crippen molar-refractivity contribution in [2.45, 2.75) is 26.3 Å². The molecule has 0 radical (unpaired) electrons. The summed E-state index contributed by atoms with van der Waals surface area (Å²) in [6.45, 7) is 2.45. The van der Waals surface area contributed by atoms with E-state index >= 15 is 0 Å². The highest BCUT2D eigenvalue weighted by Crippen LogP contribution is 2.29. The minimum atomic E-state index is -0.945. The first-order valence-electron chi connectivity index (χ1n) is 10.9. The minimum Gasteiger partial charge on any atom is -0.497 e. The molecule has 1 amide bonds. The van der Waals surface area contributed by atoms with E-state index < -0.39 is 11.6 Å². The quantitative estimate of drug-likeness (QED) is 0.383. The van der Waals surface area contributed by atoms with Crippen molar-refractivity contribution in [3.8, 4) is 22.7 Å². The highest BCUT2D eigenvalue weighted by Gasteiger charge is 2.18. The number of halogens is 2. The van der Waals surface area contributed by atoms with Gasteiger partial charge in [-0.05, 0) is 55.0 Å².